The molecule has 0 heterocycles. The van der Waals surface area contributed by atoms with Gasteiger partial charge in [0, 0.05) is 10.5 Å². The molecule has 1 aliphatic rings. The summed E-state index contributed by atoms with van der Waals surface area (Å²) >= 11 is 3.48. The second-order valence-corrected chi connectivity index (χ2v) is 5.06. The molecule has 1 aromatic carbocycles. The Balaban J connectivity index is 2.13. The molecule has 1 aromatic rings. The molecule has 0 spiro atoms. The molecule has 2 rings (SSSR count). The van der Waals surface area contributed by atoms with Crippen molar-refractivity contribution < 1.29 is 9.53 Å². The summed E-state index contributed by atoms with van der Waals surface area (Å²) in [5.74, 6) is -0.219. The highest BCUT2D eigenvalue weighted by atomic mass is 79.9. The van der Waals surface area contributed by atoms with Crippen LogP contribution in [0.3, 0.4) is 0 Å². The summed E-state index contributed by atoms with van der Waals surface area (Å²) in [7, 11) is 0. The fourth-order valence-electron chi connectivity index (χ4n) is 2.10. The standard InChI is InChI=1S/C14H15BrO2/c1-2-17-14(16)8-10-3-4-12-9-13(15)6-5-11(12)7-10/h5-6,8-9H,2-4,7H2,1H3. The van der Waals surface area contributed by atoms with Crippen molar-refractivity contribution in [2.45, 2.75) is 26.2 Å². The number of halogens is 1. The third kappa shape index (κ3) is 3.19. The predicted molar refractivity (Wildman–Crippen MR) is 70.9 cm³/mol. The van der Waals surface area contributed by atoms with E-state index in [1.165, 1.54) is 16.7 Å². The first-order valence-corrected chi connectivity index (χ1v) is 6.62. The largest absolute Gasteiger partial charge is 0.463 e. The highest BCUT2D eigenvalue weighted by molar-refractivity contribution is 9.10. The maximum absolute atomic E-state index is 11.4. The summed E-state index contributed by atoms with van der Waals surface area (Å²) in [5.41, 5.74) is 3.86. The molecule has 0 atom stereocenters. The Kier molecular flexibility index (Phi) is 4.00. The number of ether oxygens (including phenoxy) is 1. The van der Waals surface area contributed by atoms with Gasteiger partial charge in [-0.05, 0) is 49.4 Å². The van der Waals surface area contributed by atoms with Crippen LogP contribution >= 0.6 is 15.9 Å². The van der Waals surface area contributed by atoms with Crippen molar-refractivity contribution in [3.05, 3.63) is 45.4 Å². The van der Waals surface area contributed by atoms with Crippen LogP contribution in [-0.2, 0) is 22.4 Å². The quantitative estimate of drug-likeness (QED) is 0.617. The molecule has 90 valence electrons. The van der Waals surface area contributed by atoms with Gasteiger partial charge >= 0.3 is 5.97 Å². The summed E-state index contributed by atoms with van der Waals surface area (Å²) in [6.45, 7) is 2.26. The van der Waals surface area contributed by atoms with E-state index in [1.54, 1.807) is 6.08 Å². The summed E-state index contributed by atoms with van der Waals surface area (Å²) < 4.78 is 6.05. The Hall–Kier alpha value is -1.09. The number of allylic oxidation sites excluding steroid dienone is 1. The van der Waals surface area contributed by atoms with Gasteiger partial charge in [-0.3, -0.25) is 0 Å². The average molecular weight is 295 g/mol. The number of carbonyl (C=O) groups is 1. The van der Waals surface area contributed by atoms with Crippen molar-refractivity contribution in [2.75, 3.05) is 6.61 Å². The van der Waals surface area contributed by atoms with Crippen molar-refractivity contribution in [1.29, 1.82) is 0 Å². The topological polar surface area (TPSA) is 26.3 Å². The number of benzene rings is 1. The first-order chi connectivity index (χ1) is 8.19. The third-order valence-corrected chi connectivity index (χ3v) is 3.40. The molecule has 0 radical (unpaired) electrons. The normalized spacial score (nSPS) is 16.7. The van der Waals surface area contributed by atoms with Gasteiger partial charge in [-0.1, -0.05) is 27.6 Å². The molecule has 0 unspecified atom stereocenters. The molecule has 0 fully saturated rings. The van der Waals surface area contributed by atoms with Crippen LogP contribution in [0.4, 0.5) is 0 Å². The molecule has 0 amide bonds. The van der Waals surface area contributed by atoms with Crippen LogP contribution in [0, 0.1) is 0 Å². The average Bonchev–Trinajstić information content (AvgIpc) is 2.29. The predicted octanol–water partition coefficient (Wildman–Crippen LogP) is 3.43. The number of esters is 1. The minimum atomic E-state index is -0.219. The van der Waals surface area contributed by atoms with Crippen LogP contribution < -0.4 is 0 Å². The minimum Gasteiger partial charge on any atom is -0.463 e. The first-order valence-electron chi connectivity index (χ1n) is 5.82. The summed E-state index contributed by atoms with van der Waals surface area (Å²) in [6.07, 6.45) is 4.46. The monoisotopic (exact) mass is 294 g/mol. The number of hydrogen-bond acceptors (Lipinski definition) is 2. The van der Waals surface area contributed by atoms with Gasteiger partial charge in [-0.2, -0.15) is 0 Å². The first kappa shape index (κ1) is 12.4. The third-order valence-electron chi connectivity index (χ3n) is 2.91. The molecular weight excluding hydrogens is 280 g/mol. The van der Waals surface area contributed by atoms with E-state index in [9.17, 15) is 4.79 Å². The van der Waals surface area contributed by atoms with Crippen molar-refractivity contribution >= 4 is 21.9 Å². The summed E-state index contributed by atoms with van der Waals surface area (Å²) in [6, 6.07) is 6.33. The fourth-order valence-corrected chi connectivity index (χ4v) is 2.51. The van der Waals surface area contributed by atoms with E-state index in [-0.39, 0.29) is 5.97 Å². The zero-order chi connectivity index (χ0) is 12.3. The second-order valence-electron chi connectivity index (χ2n) is 4.14. The van der Waals surface area contributed by atoms with Crippen LogP contribution in [0.5, 0.6) is 0 Å². The Bertz CT molecular complexity index is 463. The van der Waals surface area contributed by atoms with Gasteiger partial charge in [-0.25, -0.2) is 4.79 Å². The Morgan fingerprint density at radius 2 is 2.24 bits per heavy atom. The molecule has 3 heteroatoms. The molecule has 0 aromatic heterocycles. The molecular formula is C14H15BrO2. The lowest BCUT2D eigenvalue weighted by Crippen LogP contribution is -2.08. The second kappa shape index (κ2) is 5.50. The van der Waals surface area contributed by atoms with E-state index in [2.05, 4.69) is 28.1 Å². The highest BCUT2D eigenvalue weighted by Gasteiger charge is 2.14. The maximum atomic E-state index is 11.4. The minimum absolute atomic E-state index is 0.219. The molecule has 2 nitrogen and oxygen atoms in total. The van der Waals surface area contributed by atoms with Crippen molar-refractivity contribution in [2.24, 2.45) is 0 Å². The van der Waals surface area contributed by atoms with Crippen molar-refractivity contribution in [3.8, 4) is 0 Å². The number of fused-ring (bicyclic) bond motifs is 1. The highest BCUT2D eigenvalue weighted by Crippen LogP contribution is 2.27. The van der Waals surface area contributed by atoms with Crippen LogP contribution in [0.15, 0.2) is 34.3 Å². The summed E-state index contributed by atoms with van der Waals surface area (Å²) in [5, 5.41) is 0. The van der Waals surface area contributed by atoms with E-state index in [0.717, 1.165) is 23.7 Å². The molecule has 17 heavy (non-hydrogen) atoms. The Morgan fingerprint density at radius 3 is 3.00 bits per heavy atom. The SMILES string of the molecule is CCOC(=O)C=C1CCc2cc(Br)ccc2C1. The van der Waals surface area contributed by atoms with Gasteiger partial charge in [-0.15, -0.1) is 0 Å². The van der Waals surface area contributed by atoms with E-state index in [4.69, 9.17) is 4.74 Å². The molecule has 0 aliphatic heterocycles. The van der Waals surface area contributed by atoms with E-state index in [1.807, 2.05) is 13.0 Å². The Labute approximate surface area is 110 Å². The lowest BCUT2D eigenvalue weighted by Gasteiger charge is -2.18. The van der Waals surface area contributed by atoms with Gasteiger partial charge < -0.3 is 4.74 Å². The number of hydrogen-bond donors (Lipinski definition) is 0. The number of aryl methyl sites for hydroxylation is 1. The fraction of sp³-hybridized carbons (Fsp3) is 0.357. The lowest BCUT2D eigenvalue weighted by atomic mass is 9.88. The van der Waals surface area contributed by atoms with Crippen LogP contribution in [0.2, 0.25) is 0 Å². The lowest BCUT2D eigenvalue weighted by molar-refractivity contribution is -0.137. The number of rotatable bonds is 2. The molecule has 0 bridgehead atoms. The maximum Gasteiger partial charge on any atom is 0.330 e. The van der Waals surface area contributed by atoms with E-state index < -0.39 is 0 Å². The van der Waals surface area contributed by atoms with Gasteiger partial charge in [0.05, 0.1) is 6.61 Å². The zero-order valence-electron chi connectivity index (χ0n) is 9.83. The van der Waals surface area contributed by atoms with E-state index in [0.29, 0.717) is 6.61 Å². The van der Waals surface area contributed by atoms with Crippen molar-refractivity contribution in [1.82, 2.24) is 0 Å². The van der Waals surface area contributed by atoms with Crippen LogP contribution in [-0.4, -0.2) is 12.6 Å². The van der Waals surface area contributed by atoms with Gasteiger partial charge in [0.2, 0.25) is 0 Å². The van der Waals surface area contributed by atoms with E-state index >= 15 is 0 Å². The van der Waals surface area contributed by atoms with Gasteiger partial charge in [0.25, 0.3) is 0 Å². The van der Waals surface area contributed by atoms with Gasteiger partial charge in [0.15, 0.2) is 0 Å². The molecule has 0 N–H and O–H groups in total. The van der Waals surface area contributed by atoms with Crippen molar-refractivity contribution in [3.63, 3.8) is 0 Å². The smallest absolute Gasteiger partial charge is 0.330 e. The summed E-state index contributed by atoms with van der Waals surface area (Å²) in [4.78, 5) is 11.4. The molecule has 0 saturated carbocycles. The van der Waals surface area contributed by atoms with Crippen LogP contribution in [0.25, 0.3) is 0 Å². The van der Waals surface area contributed by atoms with Gasteiger partial charge in [0.1, 0.15) is 0 Å². The molecule has 1 aliphatic carbocycles. The zero-order valence-corrected chi connectivity index (χ0v) is 11.4. The molecule has 0 saturated heterocycles. The Morgan fingerprint density at radius 1 is 1.41 bits per heavy atom. The number of carbonyl (C=O) groups excluding carboxylic acids is 1. The van der Waals surface area contributed by atoms with Crippen LogP contribution in [0.1, 0.15) is 24.5 Å².